The Labute approximate surface area is 190 Å². The lowest BCUT2D eigenvalue weighted by atomic mass is 9.89. The Bertz CT molecular complexity index is 1120. The third-order valence-electron chi connectivity index (χ3n) is 6.08. The van der Waals surface area contributed by atoms with E-state index in [2.05, 4.69) is 68.6 Å². The van der Waals surface area contributed by atoms with E-state index in [1.165, 1.54) is 11.1 Å². The predicted molar refractivity (Wildman–Crippen MR) is 129 cm³/mol. The van der Waals surface area contributed by atoms with Crippen molar-refractivity contribution in [2.45, 2.75) is 39.3 Å². The zero-order chi connectivity index (χ0) is 22.8. The third kappa shape index (κ3) is 4.15. The number of aryl methyl sites for hydroxylation is 2. The molecule has 0 aliphatic carbocycles. The lowest BCUT2D eigenvalue weighted by Gasteiger charge is -2.40. The molecule has 1 aliphatic heterocycles. The van der Waals surface area contributed by atoms with E-state index in [4.69, 9.17) is 9.47 Å². The first-order valence-electron chi connectivity index (χ1n) is 10.9. The number of amides is 1. The molecule has 0 aromatic heterocycles. The van der Waals surface area contributed by atoms with Gasteiger partial charge >= 0.3 is 0 Å². The van der Waals surface area contributed by atoms with Crippen molar-refractivity contribution in [3.63, 3.8) is 0 Å². The van der Waals surface area contributed by atoms with Crippen molar-refractivity contribution >= 4 is 17.3 Å². The number of ether oxygens (including phenoxy) is 2. The SMILES string of the molecule is COc1ccc(C(=O)N2c3ccc(C)cc3[C@H](Nc3ccc(C)cc3)C[C@H]2C)cc1OC. The molecule has 5 nitrogen and oxygen atoms in total. The zero-order valence-electron chi connectivity index (χ0n) is 19.3. The van der Waals surface area contributed by atoms with Crippen LogP contribution in [-0.4, -0.2) is 26.2 Å². The maximum atomic E-state index is 13.6. The van der Waals surface area contributed by atoms with Gasteiger partial charge in [0.2, 0.25) is 0 Å². The summed E-state index contributed by atoms with van der Waals surface area (Å²) in [6.07, 6.45) is 0.809. The minimum atomic E-state index is -0.0441. The van der Waals surface area contributed by atoms with E-state index in [1.807, 2.05) is 4.90 Å². The van der Waals surface area contributed by atoms with Crippen LogP contribution in [-0.2, 0) is 0 Å². The van der Waals surface area contributed by atoms with Crippen molar-refractivity contribution in [3.05, 3.63) is 82.9 Å². The average Bonchev–Trinajstić information content (AvgIpc) is 2.80. The van der Waals surface area contributed by atoms with E-state index >= 15 is 0 Å². The van der Waals surface area contributed by atoms with Crippen LogP contribution in [0.15, 0.2) is 60.7 Å². The number of methoxy groups -OCH3 is 2. The van der Waals surface area contributed by atoms with E-state index in [9.17, 15) is 4.79 Å². The first-order valence-corrected chi connectivity index (χ1v) is 10.9. The van der Waals surface area contributed by atoms with Gasteiger partial charge in [0, 0.05) is 23.0 Å². The second kappa shape index (κ2) is 8.95. The highest BCUT2D eigenvalue weighted by atomic mass is 16.5. The van der Waals surface area contributed by atoms with Crippen LogP contribution in [0.3, 0.4) is 0 Å². The number of hydrogen-bond acceptors (Lipinski definition) is 4. The number of anilines is 2. The number of benzene rings is 3. The van der Waals surface area contributed by atoms with Crippen molar-refractivity contribution in [2.75, 3.05) is 24.4 Å². The largest absolute Gasteiger partial charge is 0.493 e. The second-order valence-electron chi connectivity index (χ2n) is 8.45. The minimum Gasteiger partial charge on any atom is -0.493 e. The van der Waals surface area contributed by atoms with Gasteiger partial charge in [-0.25, -0.2) is 0 Å². The summed E-state index contributed by atoms with van der Waals surface area (Å²) < 4.78 is 10.7. The second-order valence-corrected chi connectivity index (χ2v) is 8.45. The highest BCUT2D eigenvalue weighted by molar-refractivity contribution is 6.07. The Morgan fingerprint density at radius 2 is 1.59 bits per heavy atom. The Morgan fingerprint density at radius 1 is 0.906 bits per heavy atom. The van der Waals surface area contributed by atoms with Gasteiger partial charge in [-0.3, -0.25) is 4.79 Å². The fraction of sp³-hybridized carbons (Fsp3) is 0.296. The third-order valence-corrected chi connectivity index (χ3v) is 6.08. The summed E-state index contributed by atoms with van der Waals surface area (Å²) in [6.45, 7) is 6.27. The monoisotopic (exact) mass is 430 g/mol. The van der Waals surface area contributed by atoms with Gasteiger partial charge in [0.05, 0.1) is 20.3 Å². The number of rotatable bonds is 5. The molecule has 1 amide bonds. The van der Waals surface area contributed by atoms with Gasteiger partial charge in [0.1, 0.15) is 0 Å². The highest BCUT2D eigenvalue weighted by Gasteiger charge is 2.34. The summed E-state index contributed by atoms with van der Waals surface area (Å²) in [5, 5.41) is 3.68. The molecule has 4 rings (SSSR count). The number of nitrogens with one attached hydrogen (secondary N) is 1. The molecular weight excluding hydrogens is 400 g/mol. The molecule has 3 aromatic rings. The van der Waals surface area contributed by atoms with Crippen molar-refractivity contribution in [2.24, 2.45) is 0 Å². The molecule has 1 aliphatic rings. The van der Waals surface area contributed by atoms with Gasteiger partial charge in [-0.05, 0) is 69.2 Å². The predicted octanol–water partition coefficient (Wildman–Crippen LogP) is 5.91. The van der Waals surface area contributed by atoms with Gasteiger partial charge < -0.3 is 19.7 Å². The molecule has 32 heavy (non-hydrogen) atoms. The Kier molecular flexibility index (Phi) is 6.08. The molecule has 166 valence electrons. The summed E-state index contributed by atoms with van der Waals surface area (Å²) >= 11 is 0. The molecule has 0 saturated heterocycles. The number of carbonyl (C=O) groups excluding carboxylic acids is 1. The molecule has 1 heterocycles. The quantitative estimate of drug-likeness (QED) is 0.546. The van der Waals surface area contributed by atoms with Crippen LogP contribution in [0.5, 0.6) is 11.5 Å². The van der Waals surface area contributed by atoms with E-state index in [0.717, 1.165) is 23.4 Å². The molecule has 5 heteroatoms. The Balaban J connectivity index is 1.70. The highest BCUT2D eigenvalue weighted by Crippen LogP contribution is 2.40. The molecule has 0 spiro atoms. The van der Waals surface area contributed by atoms with E-state index < -0.39 is 0 Å². The van der Waals surface area contributed by atoms with E-state index in [0.29, 0.717) is 17.1 Å². The standard InChI is InChI=1S/C27H30N2O3/c1-17-6-10-21(11-7-17)28-23-15-19(3)29(24-12-8-18(2)14-22(23)24)27(30)20-9-13-25(31-4)26(16-20)32-5/h6-14,16,19,23,28H,15H2,1-5H3/t19-,23-/m1/s1. The van der Waals surface area contributed by atoms with Crippen LogP contribution in [0, 0.1) is 13.8 Å². The molecule has 0 unspecified atom stereocenters. The molecule has 2 atom stereocenters. The number of fused-ring (bicyclic) bond motifs is 1. The Hall–Kier alpha value is -3.47. The van der Waals surface area contributed by atoms with Gasteiger partial charge in [-0.1, -0.05) is 35.4 Å². The smallest absolute Gasteiger partial charge is 0.258 e. The topological polar surface area (TPSA) is 50.8 Å². The maximum absolute atomic E-state index is 13.6. The minimum absolute atomic E-state index is 0.0220. The van der Waals surface area contributed by atoms with Crippen LogP contribution in [0.25, 0.3) is 0 Å². The number of carbonyl (C=O) groups is 1. The fourth-order valence-corrected chi connectivity index (χ4v) is 4.39. The first-order chi connectivity index (χ1) is 15.4. The van der Waals surface area contributed by atoms with E-state index in [1.54, 1.807) is 32.4 Å². The van der Waals surface area contributed by atoms with Crippen molar-refractivity contribution in [3.8, 4) is 11.5 Å². The van der Waals surface area contributed by atoms with Gasteiger partial charge in [0.15, 0.2) is 11.5 Å². The average molecular weight is 431 g/mol. The van der Waals surface area contributed by atoms with Gasteiger partial charge in [-0.15, -0.1) is 0 Å². The van der Waals surface area contributed by atoms with Gasteiger partial charge in [-0.2, -0.15) is 0 Å². The lowest BCUT2D eigenvalue weighted by molar-refractivity contribution is 0.0973. The Morgan fingerprint density at radius 3 is 2.28 bits per heavy atom. The molecule has 0 radical (unpaired) electrons. The zero-order valence-corrected chi connectivity index (χ0v) is 19.3. The molecule has 0 saturated carbocycles. The number of nitrogens with zero attached hydrogens (tertiary/aromatic N) is 1. The summed E-state index contributed by atoms with van der Waals surface area (Å²) in [5.41, 5.74) is 6.14. The van der Waals surface area contributed by atoms with Gasteiger partial charge in [0.25, 0.3) is 5.91 Å². The molecular formula is C27H30N2O3. The van der Waals surface area contributed by atoms with Crippen LogP contribution in [0.2, 0.25) is 0 Å². The van der Waals surface area contributed by atoms with Crippen LogP contribution in [0.4, 0.5) is 11.4 Å². The molecule has 0 bridgehead atoms. The van der Waals surface area contributed by atoms with Crippen molar-refractivity contribution in [1.82, 2.24) is 0 Å². The summed E-state index contributed by atoms with van der Waals surface area (Å²) in [4.78, 5) is 15.5. The van der Waals surface area contributed by atoms with Crippen LogP contribution < -0.4 is 19.7 Å². The van der Waals surface area contributed by atoms with E-state index in [-0.39, 0.29) is 18.0 Å². The van der Waals surface area contributed by atoms with Crippen LogP contribution in [0.1, 0.15) is 46.4 Å². The summed E-state index contributed by atoms with van der Waals surface area (Å²) in [5.74, 6) is 1.11. The van der Waals surface area contributed by atoms with Crippen molar-refractivity contribution < 1.29 is 14.3 Å². The summed E-state index contributed by atoms with van der Waals surface area (Å²) in [6, 6.07) is 20.2. The fourth-order valence-electron chi connectivity index (χ4n) is 4.39. The molecule has 1 N–H and O–H groups in total. The maximum Gasteiger partial charge on any atom is 0.258 e. The molecule has 3 aromatic carbocycles. The lowest BCUT2D eigenvalue weighted by Crippen LogP contribution is -2.44. The molecule has 0 fully saturated rings. The summed E-state index contributed by atoms with van der Waals surface area (Å²) in [7, 11) is 3.17. The normalized spacial score (nSPS) is 17.5. The number of hydrogen-bond donors (Lipinski definition) is 1. The first kappa shape index (κ1) is 21.8. The van der Waals surface area contributed by atoms with Crippen molar-refractivity contribution in [1.29, 1.82) is 0 Å². The van der Waals surface area contributed by atoms with Crippen LogP contribution >= 0.6 is 0 Å².